The first-order valence-corrected chi connectivity index (χ1v) is 6.89. The van der Waals surface area contributed by atoms with Gasteiger partial charge in [-0.1, -0.05) is 12.1 Å². The number of nitrogens with one attached hydrogen (secondary N) is 1. The molecule has 0 aliphatic carbocycles. The molecule has 1 saturated heterocycles. The summed E-state index contributed by atoms with van der Waals surface area (Å²) in [5.74, 6) is 0. The minimum atomic E-state index is -4.27. The molecule has 1 aromatic carbocycles. The van der Waals surface area contributed by atoms with Crippen LogP contribution in [0.2, 0.25) is 0 Å². The summed E-state index contributed by atoms with van der Waals surface area (Å²) in [7, 11) is 1.86. The molecule has 20 heavy (non-hydrogen) atoms. The average molecular weight is 287 g/mol. The van der Waals surface area contributed by atoms with Crippen LogP contribution in [0, 0.1) is 0 Å². The van der Waals surface area contributed by atoms with Crippen molar-refractivity contribution < 1.29 is 17.9 Å². The van der Waals surface area contributed by atoms with E-state index >= 15 is 0 Å². The van der Waals surface area contributed by atoms with E-state index in [1.807, 2.05) is 14.0 Å². The van der Waals surface area contributed by atoms with E-state index < -0.39 is 11.7 Å². The largest absolute Gasteiger partial charge is 0.416 e. The molecule has 0 amide bonds. The second-order valence-corrected chi connectivity index (χ2v) is 5.36. The van der Waals surface area contributed by atoms with E-state index in [1.165, 1.54) is 0 Å². The van der Waals surface area contributed by atoms with Crippen LogP contribution in [0.25, 0.3) is 0 Å². The molecule has 0 radical (unpaired) electrons. The van der Waals surface area contributed by atoms with Crippen molar-refractivity contribution in [3.63, 3.8) is 0 Å². The molecular weight excluding hydrogens is 267 g/mol. The molecule has 1 heterocycles. The van der Waals surface area contributed by atoms with Gasteiger partial charge in [0.15, 0.2) is 0 Å². The molecule has 1 aliphatic rings. The number of rotatable bonds is 4. The zero-order valence-electron chi connectivity index (χ0n) is 11.7. The Morgan fingerprint density at radius 1 is 1.25 bits per heavy atom. The lowest BCUT2D eigenvalue weighted by atomic mass is 9.98. The van der Waals surface area contributed by atoms with Crippen LogP contribution in [0.5, 0.6) is 0 Å². The maximum absolute atomic E-state index is 12.5. The lowest BCUT2D eigenvalue weighted by Crippen LogP contribution is -2.39. The van der Waals surface area contributed by atoms with Crippen molar-refractivity contribution >= 4 is 0 Å². The van der Waals surface area contributed by atoms with Gasteiger partial charge in [0.2, 0.25) is 0 Å². The van der Waals surface area contributed by atoms with E-state index in [9.17, 15) is 13.2 Å². The van der Waals surface area contributed by atoms with Crippen LogP contribution >= 0.6 is 0 Å². The van der Waals surface area contributed by atoms with Gasteiger partial charge in [0, 0.05) is 6.04 Å². The Labute approximate surface area is 117 Å². The summed E-state index contributed by atoms with van der Waals surface area (Å²) in [4.78, 5) is 0. The molecule has 0 bridgehead atoms. The predicted molar refractivity (Wildman–Crippen MR) is 71.6 cm³/mol. The van der Waals surface area contributed by atoms with Crippen LogP contribution in [0.1, 0.15) is 30.9 Å². The second-order valence-electron chi connectivity index (χ2n) is 5.36. The van der Waals surface area contributed by atoms with Gasteiger partial charge >= 0.3 is 6.18 Å². The van der Waals surface area contributed by atoms with Gasteiger partial charge in [-0.2, -0.15) is 13.2 Å². The molecule has 2 nitrogen and oxygen atoms in total. The number of hydrogen-bond acceptors (Lipinski definition) is 2. The molecule has 0 spiro atoms. The van der Waals surface area contributed by atoms with Crippen LogP contribution in [0.3, 0.4) is 0 Å². The van der Waals surface area contributed by atoms with Gasteiger partial charge in [0.05, 0.1) is 17.8 Å². The Kier molecular flexibility index (Phi) is 4.70. The lowest BCUT2D eigenvalue weighted by molar-refractivity contribution is -0.137. The van der Waals surface area contributed by atoms with Gasteiger partial charge in [0.25, 0.3) is 0 Å². The fourth-order valence-electron chi connectivity index (χ4n) is 2.63. The molecule has 3 unspecified atom stereocenters. The van der Waals surface area contributed by atoms with Crippen molar-refractivity contribution in [3.8, 4) is 0 Å². The van der Waals surface area contributed by atoms with Crippen LogP contribution in [0.15, 0.2) is 24.3 Å². The molecule has 1 aliphatic heterocycles. The molecular formula is C15H20F3NO. The molecule has 0 saturated carbocycles. The van der Waals surface area contributed by atoms with Crippen molar-refractivity contribution in [3.05, 3.63) is 35.4 Å². The molecule has 3 atom stereocenters. The predicted octanol–water partition coefficient (Wildman–Crippen LogP) is 3.40. The van der Waals surface area contributed by atoms with Crippen molar-refractivity contribution in [2.24, 2.45) is 0 Å². The van der Waals surface area contributed by atoms with Gasteiger partial charge in [-0.15, -0.1) is 0 Å². The van der Waals surface area contributed by atoms with E-state index in [-0.39, 0.29) is 18.2 Å². The van der Waals surface area contributed by atoms with E-state index in [0.29, 0.717) is 6.42 Å². The maximum Gasteiger partial charge on any atom is 0.416 e. The fraction of sp³-hybridized carbons (Fsp3) is 0.600. The van der Waals surface area contributed by atoms with Gasteiger partial charge < -0.3 is 10.1 Å². The number of likely N-dealkylation sites (N-methyl/N-ethyl adjacent to an activating group) is 1. The normalized spacial score (nSPS) is 24.9. The van der Waals surface area contributed by atoms with Gasteiger partial charge in [-0.25, -0.2) is 0 Å². The Morgan fingerprint density at radius 3 is 2.35 bits per heavy atom. The number of halogens is 3. The lowest BCUT2D eigenvalue weighted by Gasteiger charge is -2.23. The molecule has 2 rings (SSSR count). The van der Waals surface area contributed by atoms with E-state index in [2.05, 4.69) is 5.32 Å². The van der Waals surface area contributed by atoms with Gasteiger partial charge in [0.1, 0.15) is 0 Å². The van der Waals surface area contributed by atoms with Gasteiger partial charge in [-0.3, -0.25) is 0 Å². The molecule has 5 heteroatoms. The summed E-state index contributed by atoms with van der Waals surface area (Å²) in [6.45, 7) is 2.05. The van der Waals surface area contributed by atoms with Crippen molar-refractivity contribution in [1.29, 1.82) is 0 Å². The van der Waals surface area contributed by atoms with Gasteiger partial charge in [-0.05, 0) is 50.9 Å². The maximum atomic E-state index is 12.5. The van der Waals surface area contributed by atoms with Crippen molar-refractivity contribution in [1.82, 2.24) is 5.32 Å². The number of ether oxygens (including phenoxy) is 1. The summed E-state index contributed by atoms with van der Waals surface area (Å²) in [5.41, 5.74) is 0.286. The average Bonchev–Trinajstić information content (AvgIpc) is 2.82. The highest BCUT2D eigenvalue weighted by Gasteiger charge is 2.31. The minimum absolute atomic E-state index is 0.136. The summed E-state index contributed by atoms with van der Waals surface area (Å²) < 4.78 is 43.3. The first kappa shape index (κ1) is 15.3. The van der Waals surface area contributed by atoms with E-state index in [1.54, 1.807) is 12.1 Å². The Bertz CT molecular complexity index is 430. The smallest absolute Gasteiger partial charge is 0.374 e. The van der Waals surface area contributed by atoms with E-state index in [0.717, 1.165) is 30.5 Å². The zero-order chi connectivity index (χ0) is 14.8. The van der Waals surface area contributed by atoms with Crippen LogP contribution in [-0.2, 0) is 17.3 Å². The number of hydrogen-bond donors (Lipinski definition) is 1. The van der Waals surface area contributed by atoms with Crippen molar-refractivity contribution in [2.45, 2.75) is 50.6 Å². The molecule has 1 fully saturated rings. The monoisotopic (exact) mass is 287 g/mol. The third kappa shape index (κ3) is 3.73. The molecule has 112 valence electrons. The van der Waals surface area contributed by atoms with Crippen LogP contribution in [-0.4, -0.2) is 25.3 Å². The summed E-state index contributed by atoms with van der Waals surface area (Å²) >= 11 is 0. The standard InChI is InChI=1S/C15H20F3NO/c1-10-3-8-14(20-10)13(19-2)9-11-4-6-12(7-5-11)15(16,17)18/h4-7,10,13-14,19H,3,8-9H2,1-2H3. The van der Waals surface area contributed by atoms with E-state index in [4.69, 9.17) is 4.74 Å². The van der Waals surface area contributed by atoms with Crippen LogP contribution in [0.4, 0.5) is 13.2 Å². The van der Waals surface area contributed by atoms with Crippen molar-refractivity contribution in [2.75, 3.05) is 7.05 Å². The SMILES string of the molecule is CNC(Cc1ccc(C(F)(F)F)cc1)C1CCC(C)O1. The Hall–Kier alpha value is -1.07. The zero-order valence-corrected chi connectivity index (χ0v) is 11.7. The summed E-state index contributed by atoms with van der Waals surface area (Å²) in [6.07, 6.45) is -1.17. The summed E-state index contributed by atoms with van der Waals surface area (Å²) in [5, 5.41) is 3.21. The highest BCUT2D eigenvalue weighted by Crippen LogP contribution is 2.29. The number of alkyl halides is 3. The van der Waals surface area contributed by atoms with Crippen LogP contribution < -0.4 is 5.32 Å². The topological polar surface area (TPSA) is 21.3 Å². The Balaban J connectivity index is 2.01. The quantitative estimate of drug-likeness (QED) is 0.916. The minimum Gasteiger partial charge on any atom is -0.374 e. The Morgan fingerprint density at radius 2 is 1.90 bits per heavy atom. The second kappa shape index (κ2) is 6.14. The molecule has 0 aromatic heterocycles. The number of benzene rings is 1. The molecule has 1 aromatic rings. The molecule has 1 N–H and O–H groups in total. The highest BCUT2D eigenvalue weighted by molar-refractivity contribution is 5.25. The highest BCUT2D eigenvalue weighted by atomic mass is 19.4. The fourth-order valence-corrected chi connectivity index (χ4v) is 2.63. The third-order valence-corrected chi connectivity index (χ3v) is 3.82. The summed E-state index contributed by atoms with van der Waals surface area (Å²) in [6, 6.07) is 5.51. The first-order valence-electron chi connectivity index (χ1n) is 6.89. The first-order chi connectivity index (χ1) is 9.40. The third-order valence-electron chi connectivity index (χ3n) is 3.82.